The Kier molecular flexibility index (Phi) is 2.04. The molecule has 2 saturated carbocycles. The van der Waals surface area contributed by atoms with Gasteiger partial charge in [0.2, 0.25) is 0 Å². The predicted molar refractivity (Wildman–Crippen MR) is 64.9 cm³/mol. The highest BCUT2D eigenvalue weighted by atomic mass is 16.5. The van der Waals surface area contributed by atoms with E-state index in [1.807, 2.05) is 12.1 Å². The van der Waals surface area contributed by atoms with Gasteiger partial charge in [-0.2, -0.15) is 0 Å². The van der Waals surface area contributed by atoms with Gasteiger partial charge in [-0.15, -0.1) is 0 Å². The normalized spacial score (nSPS) is 35.0. The minimum absolute atomic E-state index is 0.240. The fourth-order valence-electron chi connectivity index (χ4n) is 3.96. The van der Waals surface area contributed by atoms with Gasteiger partial charge in [0.1, 0.15) is 5.75 Å². The van der Waals surface area contributed by atoms with Crippen LogP contribution in [-0.4, -0.2) is 11.7 Å². The standard InChI is InChI=1S/C15H18O2/c16-15(14-11-2-1-3-12(11)14)10-4-5-13-9(8-10)6-7-17-13/h4-5,8,11-12,14-16H,1-3,6-7H2. The van der Waals surface area contributed by atoms with Crippen LogP contribution in [0.1, 0.15) is 36.5 Å². The van der Waals surface area contributed by atoms with Crippen molar-refractivity contribution in [2.45, 2.75) is 31.8 Å². The van der Waals surface area contributed by atoms with Crippen LogP contribution in [0, 0.1) is 17.8 Å². The Morgan fingerprint density at radius 1 is 1.24 bits per heavy atom. The Bertz CT molecular complexity index is 444. The molecule has 2 heteroatoms. The van der Waals surface area contributed by atoms with Gasteiger partial charge >= 0.3 is 0 Å². The first-order valence-electron chi connectivity index (χ1n) is 6.78. The van der Waals surface area contributed by atoms with Crippen LogP contribution in [0.3, 0.4) is 0 Å². The number of fused-ring (bicyclic) bond motifs is 2. The first-order valence-corrected chi connectivity index (χ1v) is 6.78. The van der Waals surface area contributed by atoms with Gasteiger partial charge in [-0.1, -0.05) is 12.5 Å². The van der Waals surface area contributed by atoms with Crippen molar-refractivity contribution in [1.29, 1.82) is 0 Å². The molecular formula is C15H18O2. The summed E-state index contributed by atoms with van der Waals surface area (Å²) in [6.45, 7) is 0.795. The Labute approximate surface area is 102 Å². The fraction of sp³-hybridized carbons (Fsp3) is 0.600. The van der Waals surface area contributed by atoms with Crippen molar-refractivity contribution in [3.8, 4) is 5.75 Å². The van der Waals surface area contributed by atoms with E-state index in [0.29, 0.717) is 5.92 Å². The molecule has 17 heavy (non-hydrogen) atoms. The zero-order valence-electron chi connectivity index (χ0n) is 9.93. The van der Waals surface area contributed by atoms with E-state index in [9.17, 15) is 5.11 Å². The molecule has 0 aromatic heterocycles. The maximum atomic E-state index is 10.5. The summed E-state index contributed by atoms with van der Waals surface area (Å²) in [5, 5.41) is 10.5. The molecule has 1 aromatic carbocycles. The second-order valence-corrected chi connectivity index (χ2v) is 5.75. The van der Waals surface area contributed by atoms with Crippen LogP contribution >= 0.6 is 0 Å². The molecule has 0 amide bonds. The van der Waals surface area contributed by atoms with E-state index in [1.54, 1.807) is 0 Å². The maximum Gasteiger partial charge on any atom is 0.122 e. The number of hydrogen-bond acceptors (Lipinski definition) is 2. The fourth-order valence-corrected chi connectivity index (χ4v) is 3.96. The highest BCUT2D eigenvalue weighted by Crippen LogP contribution is 2.62. The van der Waals surface area contributed by atoms with Crippen LogP contribution in [0.5, 0.6) is 5.75 Å². The first-order chi connectivity index (χ1) is 8.34. The lowest BCUT2D eigenvalue weighted by atomic mass is 9.97. The molecule has 1 N–H and O–H groups in total. The third-order valence-corrected chi connectivity index (χ3v) is 4.89. The number of benzene rings is 1. The second kappa shape index (κ2) is 3.49. The van der Waals surface area contributed by atoms with Crippen molar-refractivity contribution in [3.63, 3.8) is 0 Å². The molecule has 1 heterocycles. The number of hydrogen-bond donors (Lipinski definition) is 1. The molecular weight excluding hydrogens is 212 g/mol. The summed E-state index contributed by atoms with van der Waals surface area (Å²) >= 11 is 0. The second-order valence-electron chi connectivity index (χ2n) is 5.75. The zero-order valence-corrected chi connectivity index (χ0v) is 9.93. The molecule has 0 radical (unpaired) electrons. The van der Waals surface area contributed by atoms with E-state index < -0.39 is 0 Å². The molecule has 3 unspecified atom stereocenters. The minimum atomic E-state index is -0.240. The van der Waals surface area contributed by atoms with Crippen molar-refractivity contribution in [1.82, 2.24) is 0 Å². The number of rotatable bonds is 2. The zero-order chi connectivity index (χ0) is 11.4. The summed E-state index contributed by atoms with van der Waals surface area (Å²) in [5.74, 6) is 3.19. The van der Waals surface area contributed by atoms with Crippen molar-refractivity contribution < 1.29 is 9.84 Å². The Morgan fingerprint density at radius 3 is 2.88 bits per heavy atom. The topological polar surface area (TPSA) is 29.5 Å². The summed E-state index contributed by atoms with van der Waals surface area (Å²) in [6, 6.07) is 6.23. The van der Waals surface area contributed by atoms with E-state index >= 15 is 0 Å². The van der Waals surface area contributed by atoms with Crippen molar-refractivity contribution in [2.75, 3.05) is 6.61 Å². The lowest BCUT2D eigenvalue weighted by molar-refractivity contribution is 0.137. The van der Waals surface area contributed by atoms with Crippen LogP contribution in [0.2, 0.25) is 0 Å². The van der Waals surface area contributed by atoms with Gasteiger partial charge in [-0.05, 0) is 53.9 Å². The smallest absolute Gasteiger partial charge is 0.122 e. The Balaban J connectivity index is 1.58. The molecule has 1 aliphatic heterocycles. The average molecular weight is 230 g/mol. The Hall–Kier alpha value is -1.02. The van der Waals surface area contributed by atoms with E-state index in [-0.39, 0.29) is 6.10 Å². The van der Waals surface area contributed by atoms with Gasteiger partial charge in [0.15, 0.2) is 0 Å². The molecule has 2 nitrogen and oxygen atoms in total. The van der Waals surface area contributed by atoms with E-state index in [1.165, 1.54) is 24.8 Å². The monoisotopic (exact) mass is 230 g/mol. The first kappa shape index (κ1) is 9.95. The third kappa shape index (κ3) is 1.43. The molecule has 0 bridgehead atoms. The summed E-state index contributed by atoms with van der Waals surface area (Å²) in [5.41, 5.74) is 2.38. The molecule has 1 aromatic rings. The molecule has 0 spiro atoms. The molecule has 3 aliphatic rings. The molecule has 90 valence electrons. The van der Waals surface area contributed by atoms with Gasteiger partial charge in [-0.3, -0.25) is 0 Å². The lowest BCUT2D eigenvalue weighted by Crippen LogP contribution is -2.04. The van der Waals surface area contributed by atoms with E-state index in [0.717, 1.165) is 36.2 Å². The van der Waals surface area contributed by atoms with Gasteiger partial charge < -0.3 is 9.84 Å². The van der Waals surface area contributed by atoms with Gasteiger partial charge in [-0.25, -0.2) is 0 Å². The number of ether oxygens (including phenoxy) is 1. The summed E-state index contributed by atoms with van der Waals surface area (Å²) in [7, 11) is 0. The summed E-state index contributed by atoms with van der Waals surface area (Å²) in [4.78, 5) is 0. The van der Waals surface area contributed by atoms with Gasteiger partial charge in [0, 0.05) is 6.42 Å². The molecule has 4 rings (SSSR count). The number of aliphatic hydroxyl groups is 1. The van der Waals surface area contributed by atoms with E-state index in [4.69, 9.17) is 4.74 Å². The lowest BCUT2D eigenvalue weighted by Gasteiger charge is -2.14. The maximum absolute atomic E-state index is 10.5. The van der Waals surface area contributed by atoms with Crippen molar-refractivity contribution >= 4 is 0 Å². The third-order valence-electron chi connectivity index (χ3n) is 4.89. The highest BCUT2D eigenvalue weighted by Gasteiger charge is 2.55. The van der Waals surface area contributed by atoms with Gasteiger partial charge in [0.05, 0.1) is 12.7 Å². The van der Waals surface area contributed by atoms with Crippen LogP contribution in [0.25, 0.3) is 0 Å². The summed E-state index contributed by atoms with van der Waals surface area (Å²) in [6.07, 6.45) is 4.79. The number of aliphatic hydroxyl groups excluding tert-OH is 1. The van der Waals surface area contributed by atoms with Crippen molar-refractivity contribution in [2.24, 2.45) is 17.8 Å². The summed E-state index contributed by atoms with van der Waals surface area (Å²) < 4.78 is 5.50. The van der Waals surface area contributed by atoms with Crippen LogP contribution < -0.4 is 4.74 Å². The quantitative estimate of drug-likeness (QED) is 0.846. The SMILES string of the molecule is OC(c1ccc2c(c1)CCO2)C1C2CCCC21. The van der Waals surface area contributed by atoms with Crippen molar-refractivity contribution in [3.05, 3.63) is 29.3 Å². The van der Waals surface area contributed by atoms with Crippen LogP contribution in [0.15, 0.2) is 18.2 Å². The van der Waals surface area contributed by atoms with Gasteiger partial charge in [0.25, 0.3) is 0 Å². The Morgan fingerprint density at radius 2 is 2.06 bits per heavy atom. The van der Waals surface area contributed by atoms with Crippen LogP contribution in [0.4, 0.5) is 0 Å². The molecule has 2 fully saturated rings. The minimum Gasteiger partial charge on any atom is -0.493 e. The van der Waals surface area contributed by atoms with E-state index in [2.05, 4.69) is 6.07 Å². The average Bonchev–Trinajstić information content (AvgIpc) is 2.75. The molecule has 2 aliphatic carbocycles. The molecule has 0 saturated heterocycles. The highest BCUT2D eigenvalue weighted by molar-refractivity contribution is 5.41. The predicted octanol–water partition coefficient (Wildman–Crippen LogP) is 2.70. The van der Waals surface area contributed by atoms with Crippen LogP contribution in [-0.2, 0) is 6.42 Å². The molecule has 3 atom stereocenters. The largest absolute Gasteiger partial charge is 0.493 e.